The van der Waals surface area contributed by atoms with Crippen molar-refractivity contribution >= 4 is 12.2 Å². The molecule has 3 atom stereocenters. The van der Waals surface area contributed by atoms with Gasteiger partial charge in [-0.3, -0.25) is 4.79 Å². The lowest BCUT2D eigenvalue weighted by molar-refractivity contribution is -0.137. The molecule has 7 nitrogen and oxygen atoms in total. The topological polar surface area (TPSA) is 130 Å². The third-order valence-electron chi connectivity index (χ3n) is 1.73. The first-order valence-electron chi connectivity index (χ1n) is 4.33. The summed E-state index contributed by atoms with van der Waals surface area (Å²) in [7, 11) is 0. The normalized spacial score (nSPS) is 16.7. The highest BCUT2D eigenvalue weighted by Crippen LogP contribution is 2.07. The van der Waals surface area contributed by atoms with Gasteiger partial charge in [-0.05, 0) is 0 Å². The van der Waals surface area contributed by atoms with Gasteiger partial charge in [0.2, 0.25) is 5.91 Å². The van der Waals surface area contributed by atoms with Gasteiger partial charge in [0, 0.05) is 6.42 Å². The molecule has 0 radical (unpaired) electrons. The number of rotatable bonds is 8. The largest absolute Gasteiger partial charge is 0.394 e. The van der Waals surface area contributed by atoms with E-state index in [1.54, 1.807) is 0 Å². The predicted molar refractivity (Wildman–Crippen MR) is 48.7 cm³/mol. The summed E-state index contributed by atoms with van der Waals surface area (Å²) < 4.78 is 4.80. The molecule has 15 heavy (non-hydrogen) atoms. The number of hydrogen-bond donors (Lipinski definition) is 4. The third kappa shape index (κ3) is 5.43. The van der Waals surface area contributed by atoms with E-state index < -0.39 is 37.4 Å². The van der Waals surface area contributed by atoms with Crippen LogP contribution in [0.1, 0.15) is 6.42 Å². The van der Waals surface area contributed by atoms with Gasteiger partial charge in [-0.2, -0.15) is 0 Å². The number of carbonyl (C=O) groups excluding carboxylic acids is 2. The van der Waals surface area contributed by atoms with Crippen LogP contribution in [0.25, 0.3) is 0 Å². The predicted octanol–water partition coefficient (Wildman–Crippen LogP) is -2.84. The zero-order valence-electron chi connectivity index (χ0n) is 8.07. The molecule has 0 heterocycles. The lowest BCUT2D eigenvalue weighted by atomic mass is 10.1. The second kappa shape index (κ2) is 7.30. The maximum Gasteiger partial charge on any atom is 0.243 e. The summed E-state index contributed by atoms with van der Waals surface area (Å²) in [5.74, 6) is -0.753. The Hall–Kier alpha value is -1.02. The van der Waals surface area contributed by atoms with Gasteiger partial charge in [-0.25, -0.2) is 0 Å². The molecule has 5 N–H and O–H groups in total. The van der Waals surface area contributed by atoms with Gasteiger partial charge in [0.05, 0.1) is 12.7 Å². The fourth-order valence-corrected chi connectivity index (χ4v) is 0.946. The van der Waals surface area contributed by atoms with E-state index in [1.807, 2.05) is 0 Å². The fourth-order valence-electron chi connectivity index (χ4n) is 0.946. The molecule has 0 aromatic rings. The molecule has 0 saturated heterocycles. The minimum atomic E-state index is -1.44. The number of aliphatic hydroxyl groups is 3. The van der Waals surface area contributed by atoms with Gasteiger partial charge in [0.25, 0.3) is 0 Å². The van der Waals surface area contributed by atoms with Gasteiger partial charge < -0.3 is 30.6 Å². The summed E-state index contributed by atoms with van der Waals surface area (Å²) in [5.41, 5.74) is 4.80. The maximum atomic E-state index is 10.4. The van der Waals surface area contributed by atoms with Crippen LogP contribution in [0.5, 0.6) is 0 Å². The molecule has 7 heteroatoms. The second-order valence-electron chi connectivity index (χ2n) is 2.96. The van der Waals surface area contributed by atoms with Crippen molar-refractivity contribution < 1.29 is 29.6 Å². The molecule has 88 valence electrons. The van der Waals surface area contributed by atoms with Crippen LogP contribution in [0, 0.1) is 0 Å². The third-order valence-corrected chi connectivity index (χ3v) is 1.73. The quantitative estimate of drug-likeness (QED) is 0.327. The zero-order valence-corrected chi connectivity index (χ0v) is 8.07. The number of ether oxygens (including phenoxy) is 1. The summed E-state index contributed by atoms with van der Waals surface area (Å²) in [4.78, 5) is 20.6. The van der Waals surface area contributed by atoms with Crippen LogP contribution in [0.3, 0.4) is 0 Å². The molecule has 0 aromatic heterocycles. The van der Waals surface area contributed by atoms with Crippen molar-refractivity contribution in [1.82, 2.24) is 0 Å². The molecular weight excluding hydrogens is 206 g/mol. The zero-order chi connectivity index (χ0) is 11.8. The lowest BCUT2D eigenvalue weighted by Crippen LogP contribution is -2.42. The highest BCUT2D eigenvalue weighted by molar-refractivity contribution is 5.75. The SMILES string of the molecule is NC(=O)CO[C@@H](CC=O)[C@@H](O)[C@H](O)CO. The van der Waals surface area contributed by atoms with Gasteiger partial charge >= 0.3 is 0 Å². The van der Waals surface area contributed by atoms with Gasteiger partial charge in [0.1, 0.15) is 25.1 Å². The Balaban J connectivity index is 4.22. The standard InChI is InChI=1S/C8H15NO6/c9-7(13)4-15-6(1-2-10)8(14)5(12)3-11/h2,5-6,8,11-12,14H,1,3-4H2,(H2,9,13)/t5-,6+,8+/m1/s1. The number of aliphatic hydroxyl groups excluding tert-OH is 3. The Kier molecular flexibility index (Phi) is 6.80. The lowest BCUT2D eigenvalue weighted by Gasteiger charge is -2.24. The monoisotopic (exact) mass is 221 g/mol. The molecule has 0 aliphatic heterocycles. The van der Waals surface area contributed by atoms with Crippen LogP contribution >= 0.6 is 0 Å². The highest BCUT2D eigenvalue weighted by Gasteiger charge is 2.26. The minimum Gasteiger partial charge on any atom is -0.394 e. The Morgan fingerprint density at radius 1 is 1.47 bits per heavy atom. The fraction of sp³-hybridized carbons (Fsp3) is 0.750. The van der Waals surface area contributed by atoms with Gasteiger partial charge in [-0.1, -0.05) is 0 Å². The average molecular weight is 221 g/mol. The molecule has 1 amide bonds. The van der Waals surface area contributed by atoms with Crippen LogP contribution in [0.15, 0.2) is 0 Å². The van der Waals surface area contributed by atoms with Crippen LogP contribution in [0.2, 0.25) is 0 Å². The molecule has 0 fully saturated rings. The smallest absolute Gasteiger partial charge is 0.243 e. The molecule has 0 aromatic carbocycles. The van der Waals surface area contributed by atoms with Crippen molar-refractivity contribution in [3.63, 3.8) is 0 Å². The van der Waals surface area contributed by atoms with Crippen LogP contribution in [0.4, 0.5) is 0 Å². The van der Waals surface area contributed by atoms with Crippen LogP contribution in [-0.4, -0.2) is 59.0 Å². The van der Waals surface area contributed by atoms with Crippen molar-refractivity contribution in [3.05, 3.63) is 0 Å². The first-order chi connectivity index (χ1) is 7.02. The molecule has 0 aliphatic carbocycles. The summed E-state index contributed by atoms with van der Waals surface area (Å²) in [6.07, 6.45) is -3.66. The number of nitrogens with two attached hydrogens (primary N) is 1. The number of primary amides is 1. The molecule has 0 spiro atoms. The minimum absolute atomic E-state index is 0.203. The first-order valence-corrected chi connectivity index (χ1v) is 4.33. The summed E-state index contributed by atoms with van der Waals surface area (Å²) in [6.45, 7) is -1.13. The molecule has 0 rings (SSSR count). The highest BCUT2D eigenvalue weighted by atomic mass is 16.5. The van der Waals surface area contributed by atoms with Crippen molar-refractivity contribution in [2.75, 3.05) is 13.2 Å². The average Bonchev–Trinajstić information content (AvgIpc) is 2.21. The first kappa shape index (κ1) is 14.0. The van der Waals surface area contributed by atoms with Crippen LogP contribution < -0.4 is 5.73 Å². The Bertz CT molecular complexity index is 209. The van der Waals surface area contributed by atoms with Crippen molar-refractivity contribution in [3.8, 4) is 0 Å². The van der Waals surface area contributed by atoms with E-state index in [1.165, 1.54) is 0 Å². The van der Waals surface area contributed by atoms with E-state index in [0.717, 1.165) is 0 Å². The number of aldehydes is 1. The maximum absolute atomic E-state index is 10.4. The Labute approximate surface area is 86.5 Å². The van der Waals surface area contributed by atoms with Crippen molar-refractivity contribution in [2.45, 2.75) is 24.7 Å². The molecule has 0 aliphatic rings. The van der Waals surface area contributed by atoms with Crippen molar-refractivity contribution in [2.24, 2.45) is 5.73 Å². The summed E-state index contributed by atoms with van der Waals surface area (Å²) >= 11 is 0. The van der Waals surface area contributed by atoms with E-state index in [4.69, 9.17) is 20.7 Å². The van der Waals surface area contributed by atoms with E-state index in [2.05, 4.69) is 0 Å². The number of hydrogen-bond acceptors (Lipinski definition) is 6. The summed E-state index contributed by atoms with van der Waals surface area (Å²) in [6, 6.07) is 0. The van der Waals surface area contributed by atoms with E-state index in [-0.39, 0.29) is 6.42 Å². The van der Waals surface area contributed by atoms with Crippen molar-refractivity contribution in [1.29, 1.82) is 0 Å². The van der Waals surface area contributed by atoms with E-state index in [9.17, 15) is 14.7 Å². The Morgan fingerprint density at radius 3 is 2.47 bits per heavy atom. The Morgan fingerprint density at radius 2 is 2.07 bits per heavy atom. The molecular formula is C8H15NO6. The van der Waals surface area contributed by atoms with E-state index in [0.29, 0.717) is 6.29 Å². The second-order valence-corrected chi connectivity index (χ2v) is 2.96. The van der Waals surface area contributed by atoms with Gasteiger partial charge in [-0.15, -0.1) is 0 Å². The molecule has 0 bridgehead atoms. The summed E-state index contributed by atoms with van der Waals surface area (Å²) in [5, 5.41) is 27.0. The number of carbonyl (C=O) groups is 2. The molecule has 0 saturated carbocycles. The molecule has 0 unspecified atom stereocenters. The number of amides is 1. The van der Waals surface area contributed by atoms with E-state index >= 15 is 0 Å². The van der Waals surface area contributed by atoms with Gasteiger partial charge in [0.15, 0.2) is 0 Å². The van der Waals surface area contributed by atoms with Crippen LogP contribution in [-0.2, 0) is 14.3 Å².